The maximum atomic E-state index is 5.89. The summed E-state index contributed by atoms with van der Waals surface area (Å²) in [6, 6.07) is 0. The summed E-state index contributed by atoms with van der Waals surface area (Å²) in [5, 5.41) is 6.56. The van der Waals surface area contributed by atoms with E-state index in [0.29, 0.717) is 6.10 Å². The molecule has 5 nitrogen and oxygen atoms in total. The maximum absolute atomic E-state index is 5.89. The van der Waals surface area contributed by atoms with Gasteiger partial charge in [0.25, 0.3) is 0 Å². The topological polar surface area (TPSA) is 54.9 Å². The lowest BCUT2D eigenvalue weighted by molar-refractivity contribution is 0.0277. The number of nitrogens with zero attached hydrogens (tertiary/aromatic N) is 1. The lowest BCUT2D eigenvalue weighted by Gasteiger charge is -2.22. The Labute approximate surface area is 146 Å². The molecule has 0 saturated heterocycles. The minimum Gasteiger partial charge on any atom is -0.385 e. The number of methoxy groups -OCH3 is 1. The van der Waals surface area contributed by atoms with Gasteiger partial charge in [-0.3, -0.25) is 4.99 Å². The predicted octanol–water partition coefficient (Wildman–Crippen LogP) is 2.55. The standard InChI is InChI=1S/C15H31N3O2.HI/c1-16-15(17-10-6-12-19-2)18-11-7-13-20-14-8-4-3-5-9-14;/h14H,3-13H2,1-2H3,(H2,16,17,18);1H. The monoisotopic (exact) mass is 413 g/mol. The van der Waals surface area contributed by atoms with Gasteiger partial charge in [0.2, 0.25) is 0 Å². The van der Waals surface area contributed by atoms with E-state index in [0.717, 1.165) is 45.1 Å². The zero-order valence-corrected chi connectivity index (χ0v) is 15.9. The van der Waals surface area contributed by atoms with Crippen molar-refractivity contribution in [3.8, 4) is 0 Å². The van der Waals surface area contributed by atoms with Crippen LogP contribution in [0.15, 0.2) is 4.99 Å². The average molecular weight is 413 g/mol. The molecule has 0 heterocycles. The first-order chi connectivity index (χ1) is 9.86. The van der Waals surface area contributed by atoms with Gasteiger partial charge in [0.15, 0.2) is 5.96 Å². The number of halogens is 1. The molecule has 126 valence electrons. The van der Waals surface area contributed by atoms with Crippen molar-refractivity contribution in [1.29, 1.82) is 0 Å². The summed E-state index contributed by atoms with van der Waals surface area (Å²) in [6.45, 7) is 3.40. The van der Waals surface area contributed by atoms with Gasteiger partial charge in [0, 0.05) is 40.5 Å². The Morgan fingerprint density at radius 1 is 1.05 bits per heavy atom. The SMILES string of the molecule is CN=C(NCCCOC)NCCCOC1CCCCC1.I. The van der Waals surface area contributed by atoms with Crippen LogP contribution < -0.4 is 10.6 Å². The van der Waals surface area contributed by atoms with Crippen molar-refractivity contribution in [3.05, 3.63) is 0 Å². The molecule has 0 atom stereocenters. The van der Waals surface area contributed by atoms with Crippen molar-refractivity contribution in [2.45, 2.75) is 51.0 Å². The van der Waals surface area contributed by atoms with Gasteiger partial charge < -0.3 is 20.1 Å². The van der Waals surface area contributed by atoms with Crippen LogP contribution in [-0.2, 0) is 9.47 Å². The number of hydrogen-bond donors (Lipinski definition) is 2. The van der Waals surface area contributed by atoms with Crippen LogP contribution in [0.1, 0.15) is 44.9 Å². The fraction of sp³-hybridized carbons (Fsp3) is 0.933. The van der Waals surface area contributed by atoms with Crippen LogP contribution in [0.2, 0.25) is 0 Å². The Bertz CT molecular complexity index is 259. The Hall–Kier alpha value is -0.0800. The number of guanidine groups is 1. The fourth-order valence-corrected chi connectivity index (χ4v) is 2.40. The number of aliphatic imine (C=N–C) groups is 1. The molecule has 0 aromatic carbocycles. The smallest absolute Gasteiger partial charge is 0.190 e. The van der Waals surface area contributed by atoms with Crippen molar-refractivity contribution in [1.82, 2.24) is 10.6 Å². The van der Waals surface area contributed by atoms with Crippen LogP contribution >= 0.6 is 24.0 Å². The van der Waals surface area contributed by atoms with E-state index >= 15 is 0 Å². The van der Waals surface area contributed by atoms with Crippen molar-refractivity contribution in [2.24, 2.45) is 4.99 Å². The van der Waals surface area contributed by atoms with Crippen LogP contribution in [0.25, 0.3) is 0 Å². The van der Waals surface area contributed by atoms with E-state index in [9.17, 15) is 0 Å². The summed E-state index contributed by atoms with van der Waals surface area (Å²) in [6.07, 6.45) is 9.06. The minimum absolute atomic E-state index is 0. The maximum Gasteiger partial charge on any atom is 0.190 e. The molecular formula is C15H32IN3O2. The third-order valence-corrected chi connectivity index (χ3v) is 3.56. The van der Waals surface area contributed by atoms with E-state index in [1.54, 1.807) is 14.2 Å². The largest absolute Gasteiger partial charge is 0.385 e. The first-order valence-corrected chi connectivity index (χ1v) is 7.92. The van der Waals surface area contributed by atoms with E-state index in [1.165, 1.54) is 32.1 Å². The molecule has 1 fully saturated rings. The third kappa shape index (κ3) is 11.2. The van der Waals surface area contributed by atoms with Crippen molar-refractivity contribution >= 4 is 29.9 Å². The van der Waals surface area contributed by atoms with Gasteiger partial charge in [-0.15, -0.1) is 24.0 Å². The van der Waals surface area contributed by atoms with E-state index in [-0.39, 0.29) is 24.0 Å². The quantitative estimate of drug-likeness (QED) is 0.264. The van der Waals surface area contributed by atoms with Crippen molar-refractivity contribution in [2.75, 3.05) is 40.5 Å². The van der Waals surface area contributed by atoms with Gasteiger partial charge in [-0.1, -0.05) is 19.3 Å². The highest BCUT2D eigenvalue weighted by Crippen LogP contribution is 2.20. The number of rotatable bonds is 9. The first kappa shape index (κ1) is 20.9. The molecule has 0 bridgehead atoms. The summed E-state index contributed by atoms with van der Waals surface area (Å²) < 4.78 is 10.9. The van der Waals surface area contributed by atoms with Crippen LogP contribution in [0.3, 0.4) is 0 Å². The third-order valence-electron chi connectivity index (χ3n) is 3.56. The summed E-state index contributed by atoms with van der Waals surface area (Å²) >= 11 is 0. The Morgan fingerprint density at radius 2 is 1.67 bits per heavy atom. The van der Waals surface area contributed by atoms with Gasteiger partial charge in [-0.05, 0) is 25.7 Å². The second-order valence-corrected chi connectivity index (χ2v) is 5.26. The summed E-state index contributed by atoms with van der Waals surface area (Å²) in [7, 11) is 3.52. The molecule has 6 heteroatoms. The fourth-order valence-electron chi connectivity index (χ4n) is 2.40. The minimum atomic E-state index is 0. The van der Waals surface area contributed by atoms with Gasteiger partial charge in [0.05, 0.1) is 6.10 Å². The number of nitrogens with one attached hydrogen (secondary N) is 2. The molecule has 0 radical (unpaired) electrons. The molecule has 0 aromatic rings. The lowest BCUT2D eigenvalue weighted by atomic mass is 9.98. The summed E-state index contributed by atoms with van der Waals surface area (Å²) in [4.78, 5) is 4.19. The number of hydrogen-bond acceptors (Lipinski definition) is 3. The first-order valence-electron chi connectivity index (χ1n) is 7.92. The van der Waals surface area contributed by atoms with E-state index in [1.807, 2.05) is 0 Å². The van der Waals surface area contributed by atoms with Crippen LogP contribution in [0.5, 0.6) is 0 Å². The molecule has 0 amide bonds. The molecule has 21 heavy (non-hydrogen) atoms. The lowest BCUT2D eigenvalue weighted by Crippen LogP contribution is -2.38. The molecular weight excluding hydrogens is 381 g/mol. The normalized spacial score (nSPS) is 16.4. The van der Waals surface area contributed by atoms with Crippen molar-refractivity contribution in [3.63, 3.8) is 0 Å². The average Bonchev–Trinajstić information content (AvgIpc) is 2.50. The highest BCUT2D eigenvalue weighted by molar-refractivity contribution is 14.0. The zero-order valence-electron chi connectivity index (χ0n) is 13.5. The molecule has 1 aliphatic carbocycles. The van der Waals surface area contributed by atoms with Crippen LogP contribution in [0, 0.1) is 0 Å². The molecule has 0 aromatic heterocycles. The van der Waals surface area contributed by atoms with Gasteiger partial charge in [-0.25, -0.2) is 0 Å². The van der Waals surface area contributed by atoms with E-state index in [4.69, 9.17) is 9.47 Å². The predicted molar refractivity (Wildman–Crippen MR) is 98.7 cm³/mol. The van der Waals surface area contributed by atoms with Gasteiger partial charge in [0.1, 0.15) is 0 Å². The Kier molecular flexibility index (Phi) is 14.8. The molecule has 0 aliphatic heterocycles. The summed E-state index contributed by atoms with van der Waals surface area (Å²) in [5.41, 5.74) is 0. The molecule has 2 N–H and O–H groups in total. The van der Waals surface area contributed by atoms with Gasteiger partial charge in [-0.2, -0.15) is 0 Å². The second kappa shape index (κ2) is 14.8. The molecule has 1 aliphatic rings. The zero-order chi connectivity index (χ0) is 14.5. The van der Waals surface area contributed by atoms with Gasteiger partial charge >= 0.3 is 0 Å². The van der Waals surface area contributed by atoms with Crippen LogP contribution in [-0.4, -0.2) is 52.5 Å². The second-order valence-electron chi connectivity index (χ2n) is 5.26. The van der Waals surface area contributed by atoms with E-state index in [2.05, 4.69) is 15.6 Å². The molecule has 1 saturated carbocycles. The van der Waals surface area contributed by atoms with Crippen molar-refractivity contribution < 1.29 is 9.47 Å². The molecule has 1 rings (SSSR count). The van der Waals surface area contributed by atoms with E-state index < -0.39 is 0 Å². The summed E-state index contributed by atoms with van der Waals surface area (Å²) in [5.74, 6) is 0.860. The highest BCUT2D eigenvalue weighted by atomic mass is 127. The Morgan fingerprint density at radius 3 is 2.24 bits per heavy atom. The molecule has 0 unspecified atom stereocenters. The molecule has 0 spiro atoms. The number of ether oxygens (including phenoxy) is 2. The Balaban J connectivity index is 0.00000400. The highest BCUT2D eigenvalue weighted by Gasteiger charge is 2.12. The van der Waals surface area contributed by atoms with Crippen LogP contribution in [0.4, 0.5) is 0 Å².